The molecule has 1 aliphatic carbocycles. The van der Waals surface area contributed by atoms with Crippen LogP contribution in [0.25, 0.3) is 0 Å². The van der Waals surface area contributed by atoms with Crippen LogP contribution in [0.1, 0.15) is 48.1 Å². The predicted octanol–water partition coefficient (Wildman–Crippen LogP) is 5.00. The Morgan fingerprint density at radius 1 is 1.00 bits per heavy atom. The van der Waals surface area contributed by atoms with E-state index in [1.165, 1.54) is 5.56 Å². The van der Waals surface area contributed by atoms with Crippen molar-refractivity contribution in [2.45, 2.75) is 44.9 Å². The molecule has 180 valence electrons. The average Bonchev–Trinajstić information content (AvgIpc) is 3.74. The molecule has 2 atom stereocenters. The van der Waals surface area contributed by atoms with Crippen LogP contribution in [0.3, 0.4) is 0 Å². The molecule has 2 unspecified atom stereocenters. The van der Waals surface area contributed by atoms with Gasteiger partial charge in [0.05, 0.1) is 6.04 Å². The molecular formula is C30H32N2O3. The third kappa shape index (κ3) is 5.09. The normalized spacial score (nSPS) is 17.9. The van der Waals surface area contributed by atoms with Crippen molar-refractivity contribution in [1.82, 2.24) is 9.80 Å². The highest BCUT2D eigenvalue weighted by Gasteiger charge is 2.39. The fourth-order valence-electron chi connectivity index (χ4n) is 4.96. The summed E-state index contributed by atoms with van der Waals surface area (Å²) >= 11 is 0. The summed E-state index contributed by atoms with van der Waals surface area (Å²) in [6.07, 6.45) is 2.18. The summed E-state index contributed by atoms with van der Waals surface area (Å²) in [5, 5.41) is 0. The van der Waals surface area contributed by atoms with Gasteiger partial charge in [-0.25, -0.2) is 0 Å². The maximum atomic E-state index is 13.2. The zero-order chi connectivity index (χ0) is 24.4. The van der Waals surface area contributed by atoms with Gasteiger partial charge >= 0.3 is 0 Å². The topological polar surface area (TPSA) is 49.9 Å². The zero-order valence-corrected chi connectivity index (χ0v) is 20.4. The maximum absolute atomic E-state index is 13.2. The lowest BCUT2D eigenvalue weighted by Gasteiger charge is -2.38. The van der Waals surface area contributed by atoms with Crippen LogP contribution in [0.15, 0.2) is 78.9 Å². The van der Waals surface area contributed by atoms with Crippen LogP contribution in [-0.2, 0) is 22.6 Å². The zero-order valence-electron chi connectivity index (χ0n) is 20.4. The van der Waals surface area contributed by atoms with E-state index in [4.69, 9.17) is 4.74 Å². The first kappa shape index (κ1) is 23.2. The van der Waals surface area contributed by atoms with Crippen LogP contribution in [0, 0.1) is 5.92 Å². The van der Waals surface area contributed by atoms with Crippen molar-refractivity contribution in [1.29, 1.82) is 0 Å². The Labute approximate surface area is 207 Å². The Bertz CT molecular complexity index is 1190. The molecule has 0 aromatic heterocycles. The van der Waals surface area contributed by atoms with E-state index in [2.05, 4.69) is 18.2 Å². The van der Waals surface area contributed by atoms with Gasteiger partial charge in [-0.1, -0.05) is 66.7 Å². The van der Waals surface area contributed by atoms with E-state index in [1.54, 1.807) is 18.9 Å². The quantitative estimate of drug-likeness (QED) is 0.491. The number of carbonyl (C=O) groups is 2. The van der Waals surface area contributed by atoms with Crippen LogP contribution in [0.5, 0.6) is 5.75 Å². The van der Waals surface area contributed by atoms with Crippen molar-refractivity contribution < 1.29 is 14.3 Å². The first-order chi connectivity index (χ1) is 17.0. The second-order valence-corrected chi connectivity index (χ2v) is 9.67. The van der Waals surface area contributed by atoms with Crippen LogP contribution < -0.4 is 4.74 Å². The lowest BCUT2D eigenvalue weighted by Crippen LogP contribution is -2.41. The SMILES string of the molecule is CC(Oc1ccc2c(c1)C(c1ccccc1)N(C(=O)C1CC1)CC2)C(=O)N(C)Cc1ccccc1. The van der Waals surface area contributed by atoms with Gasteiger partial charge in [-0.05, 0) is 60.6 Å². The first-order valence-electron chi connectivity index (χ1n) is 12.4. The monoisotopic (exact) mass is 468 g/mol. The molecule has 1 aliphatic heterocycles. The molecule has 0 N–H and O–H groups in total. The van der Waals surface area contributed by atoms with E-state index in [1.807, 2.05) is 65.6 Å². The highest BCUT2D eigenvalue weighted by molar-refractivity contribution is 5.82. The Morgan fingerprint density at radius 3 is 2.37 bits per heavy atom. The lowest BCUT2D eigenvalue weighted by molar-refractivity contribution is -0.137. The molecule has 1 heterocycles. The number of fused-ring (bicyclic) bond motifs is 1. The largest absolute Gasteiger partial charge is 0.481 e. The van der Waals surface area contributed by atoms with Crippen LogP contribution in [0.4, 0.5) is 0 Å². The van der Waals surface area contributed by atoms with Gasteiger partial charge in [0.25, 0.3) is 5.91 Å². The second-order valence-electron chi connectivity index (χ2n) is 9.67. The van der Waals surface area contributed by atoms with E-state index in [-0.39, 0.29) is 23.8 Å². The molecular weight excluding hydrogens is 436 g/mol. The van der Waals surface area contributed by atoms with Gasteiger partial charge in [0, 0.05) is 26.1 Å². The third-order valence-corrected chi connectivity index (χ3v) is 6.97. The molecule has 2 amide bonds. The molecule has 3 aromatic rings. The summed E-state index contributed by atoms with van der Waals surface area (Å²) < 4.78 is 6.15. The number of amides is 2. The van der Waals surface area contributed by atoms with Gasteiger partial charge in [0.15, 0.2) is 6.10 Å². The maximum Gasteiger partial charge on any atom is 0.263 e. The third-order valence-electron chi connectivity index (χ3n) is 6.97. The molecule has 0 spiro atoms. The minimum absolute atomic E-state index is 0.0725. The number of ether oxygens (including phenoxy) is 1. The van der Waals surface area contributed by atoms with Crippen molar-refractivity contribution in [3.8, 4) is 5.75 Å². The Kier molecular flexibility index (Phi) is 6.58. The number of carbonyl (C=O) groups excluding carboxylic acids is 2. The fraction of sp³-hybridized carbons (Fsp3) is 0.333. The summed E-state index contributed by atoms with van der Waals surface area (Å²) in [4.78, 5) is 29.9. The highest BCUT2D eigenvalue weighted by Crippen LogP contribution is 2.41. The molecule has 5 nitrogen and oxygen atoms in total. The fourth-order valence-corrected chi connectivity index (χ4v) is 4.96. The molecule has 0 saturated heterocycles. The molecule has 0 bridgehead atoms. The standard InChI is InChI=1S/C30H32N2O3/c1-21(29(33)31(2)20-22-9-5-3-6-10-22)35-26-16-15-23-17-18-32(30(34)25-13-14-25)28(27(23)19-26)24-11-7-4-8-12-24/h3-12,15-16,19,21,25,28H,13-14,17-18,20H2,1-2H3. The van der Waals surface area contributed by atoms with Gasteiger partial charge in [0.2, 0.25) is 5.91 Å². The van der Waals surface area contributed by atoms with Crippen LogP contribution >= 0.6 is 0 Å². The van der Waals surface area contributed by atoms with Crippen LogP contribution in [-0.4, -0.2) is 41.3 Å². The van der Waals surface area contributed by atoms with E-state index in [0.717, 1.165) is 42.5 Å². The summed E-state index contributed by atoms with van der Waals surface area (Å²) in [5.41, 5.74) is 4.50. The van der Waals surface area contributed by atoms with Crippen molar-refractivity contribution in [2.75, 3.05) is 13.6 Å². The van der Waals surface area contributed by atoms with Gasteiger partial charge in [-0.3, -0.25) is 9.59 Å². The average molecular weight is 469 g/mol. The molecule has 5 rings (SSSR count). The molecule has 2 aliphatic rings. The van der Waals surface area contributed by atoms with E-state index < -0.39 is 6.10 Å². The number of likely N-dealkylation sites (N-methyl/N-ethyl adjacent to an activating group) is 1. The predicted molar refractivity (Wildman–Crippen MR) is 136 cm³/mol. The molecule has 1 saturated carbocycles. The Hall–Kier alpha value is -3.60. The van der Waals surface area contributed by atoms with Crippen molar-refractivity contribution in [3.63, 3.8) is 0 Å². The smallest absolute Gasteiger partial charge is 0.263 e. The van der Waals surface area contributed by atoms with E-state index in [0.29, 0.717) is 12.3 Å². The highest BCUT2D eigenvalue weighted by atomic mass is 16.5. The number of nitrogens with zero attached hydrogens (tertiary/aromatic N) is 2. The van der Waals surface area contributed by atoms with Crippen LogP contribution in [0.2, 0.25) is 0 Å². The van der Waals surface area contributed by atoms with Gasteiger partial charge in [0.1, 0.15) is 5.75 Å². The number of benzene rings is 3. The lowest BCUT2D eigenvalue weighted by atomic mass is 9.87. The van der Waals surface area contributed by atoms with Gasteiger partial charge in [-0.15, -0.1) is 0 Å². The minimum atomic E-state index is -0.621. The number of hydrogen-bond donors (Lipinski definition) is 0. The first-order valence-corrected chi connectivity index (χ1v) is 12.4. The Morgan fingerprint density at radius 2 is 1.69 bits per heavy atom. The van der Waals surface area contributed by atoms with Gasteiger partial charge in [-0.2, -0.15) is 0 Å². The molecule has 3 aromatic carbocycles. The Balaban J connectivity index is 1.37. The number of rotatable bonds is 7. The summed E-state index contributed by atoms with van der Waals surface area (Å²) in [6.45, 7) is 3.05. The van der Waals surface area contributed by atoms with Crippen molar-refractivity contribution >= 4 is 11.8 Å². The summed E-state index contributed by atoms with van der Waals surface area (Å²) in [5.74, 6) is 0.998. The van der Waals surface area contributed by atoms with E-state index in [9.17, 15) is 9.59 Å². The van der Waals surface area contributed by atoms with Crippen molar-refractivity contribution in [2.24, 2.45) is 5.92 Å². The van der Waals surface area contributed by atoms with E-state index >= 15 is 0 Å². The van der Waals surface area contributed by atoms with Gasteiger partial charge < -0.3 is 14.5 Å². The molecule has 5 heteroatoms. The van der Waals surface area contributed by atoms with Crippen molar-refractivity contribution in [3.05, 3.63) is 101 Å². The molecule has 0 radical (unpaired) electrons. The second kappa shape index (κ2) is 9.95. The molecule has 1 fully saturated rings. The molecule has 35 heavy (non-hydrogen) atoms. The summed E-state index contributed by atoms with van der Waals surface area (Å²) in [6, 6.07) is 26.1. The summed E-state index contributed by atoms with van der Waals surface area (Å²) in [7, 11) is 1.80. The minimum Gasteiger partial charge on any atom is -0.481 e. The number of hydrogen-bond acceptors (Lipinski definition) is 3.